The van der Waals surface area contributed by atoms with Crippen molar-refractivity contribution in [1.29, 1.82) is 0 Å². The van der Waals surface area contributed by atoms with Crippen molar-refractivity contribution in [2.75, 3.05) is 11.3 Å². The zero-order chi connectivity index (χ0) is 20.2. The van der Waals surface area contributed by atoms with Gasteiger partial charge in [-0.2, -0.15) is 0 Å². The van der Waals surface area contributed by atoms with E-state index in [9.17, 15) is 17.6 Å². The van der Waals surface area contributed by atoms with E-state index in [0.717, 1.165) is 12.1 Å². The van der Waals surface area contributed by atoms with Crippen LogP contribution in [0, 0.1) is 11.7 Å². The van der Waals surface area contributed by atoms with Gasteiger partial charge in [-0.1, -0.05) is 19.9 Å². The Labute approximate surface area is 159 Å². The molecule has 8 heteroatoms. The summed E-state index contributed by atoms with van der Waals surface area (Å²) in [6.45, 7) is 5.98. The van der Waals surface area contributed by atoms with Crippen LogP contribution >= 0.6 is 0 Å². The zero-order valence-corrected chi connectivity index (χ0v) is 16.3. The van der Waals surface area contributed by atoms with E-state index in [1.807, 2.05) is 20.8 Å². The molecule has 6 nitrogen and oxygen atoms in total. The highest BCUT2D eigenvalue weighted by Gasteiger charge is 2.29. The van der Waals surface area contributed by atoms with Crippen molar-refractivity contribution in [3.8, 4) is 0 Å². The molecule has 0 aliphatic rings. The Morgan fingerprint density at radius 2 is 1.81 bits per heavy atom. The number of halogens is 1. The number of benzene rings is 2. The highest BCUT2D eigenvalue weighted by molar-refractivity contribution is 7.92. The molecular formula is C19H24FN3O3S. The van der Waals surface area contributed by atoms with Gasteiger partial charge in [0.2, 0.25) is 0 Å². The Morgan fingerprint density at radius 1 is 1.19 bits per heavy atom. The molecule has 0 aliphatic carbocycles. The first-order valence-electron chi connectivity index (χ1n) is 8.48. The third-order valence-electron chi connectivity index (χ3n) is 4.60. The Bertz CT molecular complexity index is 914. The molecular weight excluding hydrogens is 369 g/mol. The molecule has 1 amide bonds. The van der Waals surface area contributed by atoms with Crippen LogP contribution in [-0.2, 0) is 10.0 Å². The predicted octanol–water partition coefficient (Wildman–Crippen LogP) is 2.73. The van der Waals surface area contributed by atoms with Gasteiger partial charge in [-0.3, -0.25) is 9.52 Å². The maximum Gasteiger partial charge on any atom is 0.261 e. The van der Waals surface area contributed by atoms with Gasteiger partial charge in [-0.25, -0.2) is 12.8 Å². The molecule has 2 rings (SSSR count). The van der Waals surface area contributed by atoms with Crippen LogP contribution in [-0.4, -0.2) is 26.4 Å². The lowest BCUT2D eigenvalue weighted by Crippen LogP contribution is -2.55. The fraction of sp³-hybridized carbons (Fsp3) is 0.316. The SMILES string of the molecule is CC(C)C(C)(CN)NC(=O)c1cccc(S(=O)(=O)Nc2ccc(F)cc2)c1. The van der Waals surface area contributed by atoms with E-state index in [4.69, 9.17) is 5.73 Å². The summed E-state index contributed by atoms with van der Waals surface area (Å²) < 4.78 is 40.4. The first-order chi connectivity index (χ1) is 12.6. The summed E-state index contributed by atoms with van der Waals surface area (Å²) in [7, 11) is -3.92. The third kappa shape index (κ3) is 5.05. The first-order valence-corrected chi connectivity index (χ1v) is 9.97. The van der Waals surface area contributed by atoms with Gasteiger partial charge < -0.3 is 11.1 Å². The van der Waals surface area contributed by atoms with E-state index in [1.54, 1.807) is 0 Å². The summed E-state index contributed by atoms with van der Waals surface area (Å²) in [5, 5.41) is 2.87. The topological polar surface area (TPSA) is 101 Å². The van der Waals surface area contributed by atoms with Crippen LogP contribution in [0.1, 0.15) is 31.1 Å². The van der Waals surface area contributed by atoms with Crippen molar-refractivity contribution in [1.82, 2.24) is 5.32 Å². The van der Waals surface area contributed by atoms with Crippen LogP contribution in [0.25, 0.3) is 0 Å². The second-order valence-electron chi connectivity index (χ2n) is 6.87. The smallest absolute Gasteiger partial charge is 0.261 e. The minimum atomic E-state index is -3.92. The molecule has 0 saturated carbocycles. The standard InChI is InChI=1S/C19H24FN3O3S/c1-13(2)19(3,12-21)22-18(24)14-5-4-6-17(11-14)27(25,26)23-16-9-7-15(20)8-10-16/h4-11,13,23H,12,21H2,1-3H3,(H,22,24). The minimum absolute atomic E-state index is 0.0709. The molecule has 1 unspecified atom stereocenters. The highest BCUT2D eigenvalue weighted by Crippen LogP contribution is 2.19. The Kier molecular flexibility index (Phi) is 6.22. The largest absolute Gasteiger partial charge is 0.345 e. The lowest BCUT2D eigenvalue weighted by atomic mass is 9.88. The van der Waals surface area contributed by atoms with E-state index in [-0.39, 0.29) is 28.6 Å². The molecule has 2 aromatic rings. The Hall–Kier alpha value is -2.45. The summed E-state index contributed by atoms with van der Waals surface area (Å²) in [5.41, 5.74) is 5.60. The van der Waals surface area contributed by atoms with Crippen LogP contribution in [0.2, 0.25) is 0 Å². The number of nitrogens with two attached hydrogens (primary N) is 1. The molecule has 0 fully saturated rings. The van der Waals surface area contributed by atoms with Gasteiger partial charge in [0.05, 0.1) is 10.4 Å². The lowest BCUT2D eigenvalue weighted by Gasteiger charge is -2.33. The molecule has 0 heterocycles. The number of nitrogens with one attached hydrogen (secondary N) is 2. The van der Waals surface area contributed by atoms with E-state index < -0.39 is 27.3 Å². The van der Waals surface area contributed by atoms with Gasteiger partial charge in [0.1, 0.15) is 5.82 Å². The molecule has 0 spiro atoms. The van der Waals surface area contributed by atoms with Crippen molar-refractivity contribution >= 4 is 21.6 Å². The predicted molar refractivity (Wildman–Crippen MR) is 103 cm³/mol. The number of rotatable bonds is 7. The fourth-order valence-electron chi connectivity index (χ4n) is 2.30. The normalized spacial score (nSPS) is 13.9. The van der Waals surface area contributed by atoms with Gasteiger partial charge >= 0.3 is 0 Å². The number of carbonyl (C=O) groups excluding carboxylic acids is 1. The van der Waals surface area contributed by atoms with Crippen molar-refractivity contribution in [3.05, 3.63) is 59.9 Å². The Balaban J connectivity index is 2.25. The van der Waals surface area contributed by atoms with Gasteiger partial charge in [-0.05, 0) is 55.3 Å². The quantitative estimate of drug-likeness (QED) is 0.673. The number of hydrogen-bond donors (Lipinski definition) is 3. The second-order valence-corrected chi connectivity index (χ2v) is 8.55. The van der Waals surface area contributed by atoms with Crippen LogP contribution in [0.15, 0.2) is 53.4 Å². The maximum absolute atomic E-state index is 13.0. The van der Waals surface area contributed by atoms with Crippen LogP contribution in [0.3, 0.4) is 0 Å². The van der Waals surface area contributed by atoms with E-state index in [2.05, 4.69) is 10.0 Å². The third-order valence-corrected chi connectivity index (χ3v) is 5.98. The van der Waals surface area contributed by atoms with E-state index in [0.29, 0.717) is 0 Å². The summed E-state index contributed by atoms with van der Waals surface area (Å²) in [6, 6.07) is 10.6. The monoisotopic (exact) mass is 393 g/mol. The minimum Gasteiger partial charge on any atom is -0.345 e. The average Bonchev–Trinajstić information content (AvgIpc) is 2.63. The molecule has 0 saturated heterocycles. The lowest BCUT2D eigenvalue weighted by molar-refractivity contribution is 0.0883. The molecule has 1 atom stereocenters. The number of hydrogen-bond acceptors (Lipinski definition) is 4. The van der Waals surface area contributed by atoms with E-state index in [1.165, 1.54) is 36.4 Å². The van der Waals surface area contributed by atoms with Gasteiger partial charge in [-0.15, -0.1) is 0 Å². The fourth-order valence-corrected chi connectivity index (χ4v) is 3.40. The molecule has 0 bridgehead atoms. The van der Waals surface area contributed by atoms with Crippen molar-refractivity contribution in [2.45, 2.75) is 31.2 Å². The number of sulfonamides is 1. The van der Waals surface area contributed by atoms with E-state index >= 15 is 0 Å². The van der Waals surface area contributed by atoms with Crippen LogP contribution < -0.4 is 15.8 Å². The summed E-state index contributed by atoms with van der Waals surface area (Å²) in [5.74, 6) is -0.779. The van der Waals surface area contributed by atoms with Crippen molar-refractivity contribution < 1.29 is 17.6 Å². The molecule has 2 aromatic carbocycles. The average molecular weight is 393 g/mol. The summed E-state index contributed by atoms with van der Waals surface area (Å²) in [6.07, 6.45) is 0. The zero-order valence-electron chi connectivity index (χ0n) is 15.5. The highest BCUT2D eigenvalue weighted by atomic mass is 32.2. The van der Waals surface area contributed by atoms with Crippen molar-refractivity contribution in [3.63, 3.8) is 0 Å². The summed E-state index contributed by atoms with van der Waals surface area (Å²) in [4.78, 5) is 12.5. The second kappa shape index (κ2) is 8.06. The van der Waals surface area contributed by atoms with Crippen LogP contribution in [0.5, 0.6) is 0 Å². The van der Waals surface area contributed by atoms with Gasteiger partial charge in [0.25, 0.3) is 15.9 Å². The maximum atomic E-state index is 13.0. The molecule has 0 radical (unpaired) electrons. The number of anilines is 1. The molecule has 4 N–H and O–H groups in total. The van der Waals surface area contributed by atoms with Gasteiger partial charge in [0.15, 0.2) is 0 Å². The van der Waals surface area contributed by atoms with Crippen LogP contribution in [0.4, 0.5) is 10.1 Å². The number of amides is 1. The first kappa shape index (κ1) is 20.9. The van der Waals surface area contributed by atoms with Gasteiger partial charge in [0, 0.05) is 17.8 Å². The summed E-state index contributed by atoms with van der Waals surface area (Å²) >= 11 is 0. The molecule has 27 heavy (non-hydrogen) atoms. The molecule has 0 aliphatic heterocycles. The number of carbonyl (C=O) groups is 1. The molecule has 0 aromatic heterocycles. The van der Waals surface area contributed by atoms with Crippen molar-refractivity contribution in [2.24, 2.45) is 11.7 Å². The molecule has 146 valence electrons. The Morgan fingerprint density at radius 3 is 2.37 bits per heavy atom.